The van der Waals surface area contributed by atoms with E-state index in [0.717, 1.165) is 6.42 Å². The number of benzene rings is 1. The molecule has 0 bridgehead atoms. The fourth-order valence-electron chi connectivity index (χ4n) is 1.92. The van der Waals surface area contributed by atoms with Crippen LogP contribution < -0.4 is 0 Å². The van der Waals surface area contributed by atoms with Crippen molar-refractivity contribution in [3.8, 4) is 0 Å². The standard InChI is InChI=1S/C15H19N/c1-11-5-4-6-14(9-11)15-8-7-12(2)13(3)16-10-15/h4-6,8-10,12-13H,7H2,1-3H3/t12-,13?/m1/s1. The molecule has 1 aliphatic heterocycles. The molecule has 2 rings (SSSR count). The first-order valence-electron chi connectivity index (χ1n) is 5.97. The van der Waals surface area contributed by atoms with E-state index in [9.17, 15) is 0 Å². The Balaban J connectivity index is 2.31. The number of rotatable bonds is 1. The molecule has 16 heavy (non-hydrogen) atoms. The molecule has 0 aromatic heterocycles. The predicted molar refractivity (Wildman–Crippen MR) is 70.9 cm³/mol. The molecule has 2 atom stereocenters. The zero-order valence-corrected chi connectivity index (χ0v) is 10.3. The van der Waals surface area contributed by atoms with Crippen molar-refractivity contribution in [3.05, 3.63) is 41.5 Å². The summed E-state index contributed by atoms with van der Waals surface area (Å²) in [5.41, 5.74) is 3.85. The Kier molecular flexibility index (Phi) is 3.23. The van der Waals surface area contributed by atoms with Crippen LogP contribution in [0.15, 0.2) is 35.3 Å². The Morgan fingerprint density at radius 3 is 2.81 bits per heavy atom. The van der Waals surface area contributed by atoms with E-state index < -0.39 is 0 Å². The molecular weight excluding hydrogens is 194 g/mol. The first-order chi connectivity index (χ1) is 7.66. The van der Waals surface area contributed by atoms with Gasteiger partial charge in [0.15, 0.2) is 0 Å². The maximum absolute atomic E-state index is 4.60. The van der Waals surface area contributed by atoms with Gasteiger partial charge in [0.05, 0.1) is 0 Å². The van der Waals surface area contributed by atoms with Gasteiger partial charge in [0.2, 0.25) is 0 Å². The molecular formula is C15H19N. The third-order valence-electron chi connectivity index (χ3n) is 3.33. The van der Waals surface area contributed by atoms with E-state index in [-0.39, 0.29) is 0 Å². The smallest absolute Gasteiger partial charge is 0.0500 e. The van der Waals surface area contributed by atoms with Crippen LogP contribution in [0.2, 0.25) is 0 Å². The molecule has 1 aliphatic rings. The first-order valence-corrected chi connectivity index (χ1v) is 5.97. The first kappa shape index (κ1) is 11.1. The van der Waals surface area contributed by atoms with Crippen LogP contribution in [-0.4, -0.2) is 12.3 Å². The monoisotopic (exact) mass is 213 g/mol. The highest BCUT2D eigenvalue weighted by Gasteiger charge is 2.12. The molecule has 0 radical (unpaired) electrons. The van der Waals surface area contributed by atoms with Gasteiger partial charge in [-0.3, -0.25) is 4.99 Å². The van der Waals surface area contributed by atoms with Crippen molar-refractivity contribution in [1.29, 1.82) is 0 Å². The summed E-state index contributed by atoms with van der Waals surface area (Å²) in [4.78, 5) is 4.60. The molecule has 0 fully saturated rings. The zero-order chi connectivity index (χ0) is 11.5. The molecule has 1 aromatic rings. The van der Waals surface area contributed by atoms with Crippen LogP contribution in [0.4, 0.5) is 0 Å². The molecule has 1 unspecified atom stereocenters. The lowest BCUT2D eigenvalue weighted by Gasteiger charge is -2.10. The normalized spacial score (nSPS) is 25.1. The molecule has 0 spiro atoms. The molecule has 0 saturated carbocycles. The van der Waals surface area contributed by atoms with Gasteiger partial charge in [-0.15, -0.1) is 0 Å². The van der Waals surface area contributed by atoms with Gasteiger partial charge in [-0.25, -0.2) is 0 Å². The lowest BCUT2D eigenvalue weighted by Crippen LogP contribution is -2.08. The Morgan fingerprint density at radius 1 is 1.25 bits per heavy atom. The Morgan fingerprint density at radius 2 is 2.06 bits per heavy atom. The third kappa shape index (κ3) is 2.41. The predicted octanol–water partition coefficient (Wildman–Crippen LogP) is 3.88. The fourth-order valence-corrected chi connectivity index (χ4v) is 1.92. The van der Waals surface area contributed by atoms with E-state index >= 15 is 0 Å². The number of aryl methyl sites for hydroxylation is 1. The van der Waals surface area contributed by atoms with Gasteiger partial charge in [-0.05, 0) is 37.3 Å². The van der Waals surface area contributed by atoms with Gasteiger partial charge < -0.3 is 0 Å². The summed E-state index contributed by atoms with van der Waals surface area (Å²) in [6.45, 7) is 6.58. The summed E-state index contributed by atoms with van der Waals surface area (Å²) in [7, 11) is 0. The van der Waals surface area contributed by atoms with E-state index in [1.165, 1.54) is 16.7 Å². The Labute approximate surface area is 97.9 Å². The van der Waals surface area contributed by atoms with E-state index in [2.05, 4.69) is 56.1 Å². The van der Waals surface area contributed by atoms with Crippen molar-refractivity contribution >= 4 is 11.8 Å². The fraction of sp³-hybridized carbons (Fsp3) is 0.400. The lowest BCUT2D eigenvalue weighted by molar-refractivity contribution is 0.496. The summed E-state index contributed by atoms with van der Waals surface area (Å²) in [5.74, 6) is 0.638. The molecule has 1 heterocycles. The highest BCUT2D eigenvalue weighted by atomic mass is 14.8. The van der Waals surface area contributed by atoms with Crippen LogP contribution in [0.3, 0.4) is 0 Å². The third-order valence-corrected chi connectivity index (χ3v) is 3.33. The van der Waals surface area contributed by atoms with Crippen LogP contribution in [0.1, 0.15) is 31.4 Å². The summed E-state index contributed by atoms with van der Waals surface area (Å²) in [5, 5.41) is 0. The maximum Gasteiger partial charge on any atom is 0.0500 e. The van der Waals surface area contributed by atoms with Crippen molar-refractivity contribution in [3.63, 3.8) is 0 Å². The lowest BCUT2D eigenvalue weighted by atomic mass is 9.98. The number of nitrogens with zero attached hydrogens (tertiary/aromatic N) is 1. The van der Waals surface area contributed by atoms with Gasteiger partial charge in [-0.1, -0.05) is 42.8 Å². The number of allylic oxidation sites excluding steroid dienone is 2. The largest absolute Gasteiger partial charge is 0.289 e. The number of hydrogen-bond acceptors (Lipinski definition) is 1. The topological polar surface area (TPSA) is 12.4 Å². The maximum atomic E-state index is 4.60. The summed E-state index contributed by atoms with van der Waals surface area (Å²) < 4.78 is 0. The van der Waals surface area contributed by atoms with Gasteiger partial charge in [0.1, 0.15) is 0 Å². The van der Waals surface area contributed by atoms with Crippen LogP contribution in [0.5, 0.6) is 0 Å². The molecule has 0 saturated heterocycles. The van der Waals surface area contributed by atoms with E-state index in [1.807, 2.05) is 6.21 Å². The Bertz CT molecular complexity index is 429. The van der Waals surface area contributed by atoms with Crippen LogP contribution in [0, 0.1) is 12.8 Å². The molecule has 0 N–H and O–H groups in total. The van der Waals surface area contributed by atoms with Crippen molar-refractivity contribution in [2.45, 2.75) is 33.2 Å². The number of hydrogen-bond donors (Lipinski definition) is 0. The summed E-state index contributed by atoms with van der Waals surface area (Å²) >= 11 is 0. The average molecular weight is 213 g/mol. The van der Waals surface area contributed by atoms with E-state index in [4.69, 9.17) is 0 Å². The second-order valence-corrected chi connectivity index (χ2v) is 4.76. The minimum Gasteiger partial charge on any atom is -0.289 e. The number of aliphatic imine (C=N–C) groups is 1. The van der Waals surface area contributed by atoms with Crippen LogP contribution >= 0.6 is 0 Å². The SMILES string of the molecule is Cc1cccc(C2=CC[C@@H](C)C(C)N=C2)c1. The summed E-state index contributed by atoms with van der Waals surface area (Å²) in [6, 6.07) is 9.04. The highest BCUT2D eigenvalue weighted by molar-refractivity contribution is 6.10. The average Bonchev–Trinajstić information content (AvgIpc) is 2.43. The molecule has 84 valence electrons. The summed E-state index contributed by atoms with van der Waals surface area (Å²) in [6.07, 6.45) is 5.46. The second-order valence-electron chi connectivity index (χ2n) is 4.76. The van der Waals surface area contributed by atoms with Gasteiger partial charge in [0, 0.05) is 12.3 Å². The highest BCUT2D eigenvalue weighted by Crippen LogP contribution is 2.22. The van der Waals surface area contributed by atoms with Crippen molar-refractivity contribution in [2.75, 3.05) is 0 Å². The van der Waals surface area contributed by atoms with Gasteiger partial charge in [-0.2, -0.15) is 0 Å². The van der Waals surface area contributed by atoms with Gasteiger partial charge in [0.25, 0.3) is 0 Å². The van der Waals surface area contributed by atoms with Crippen molar-refractivity contribution < 1.29 is 0 Å². The Hall–Kier alpha value is -1.37. The van der Waals surface area contributed by atoms with Crippen LogP contribution in [-0.2, 0) is 0 Å². The van der Waals surface area contributed by atoms with Crippen LogP contribution in [0.25, 0.3) is 5.57 Å². The second kappa shape index (κ2) is 4.65. The molecule has 1 nitrogen and oxygen atoms in total. The minimum atomic E-state index is 0.429. The van der Waals surface area contributed by atoms with Gasteiger partial charge >= 0.3 is 0 Å². The minimum absolute atomic E-state index is 0.429. The van der Waals surface area contributed by atoms with Crippen molar-refractivity contribution in [2.24, 2.45) is 10.9 Å². The molecule has 0 amide bonds. The zero-order valence-electron chi connectivity index (χ0n) is 10.3. The quantitative estimate of drug-likeness (QED) is 0.671. The van der Waals surface area contributed by atoms with E-state index in [0.29, 0.717) is 12.0 Å². The van der Waals surface area contributed by atoms with E-state index in [1.54, 1.807) is 0 Å². The molecule has 0 aliphatic carbocycles. The molecule has 1 heteroatoms. The van der Waals surface area contributed by atoms with Crippen molar-refractivity contribution in [1.82, 2.24) is 0 Å². The molecule has 1 aromatic carbocycles.